The molecule has 0 bridgehead atoms. The first-order chi connectivity index (χ1) is 30.3. The molecule has 10 rings (SSSR count). The number of likely N-dealkylation sites (tertiary alicyclic amines) is 2. The van der Waals surface area contributed by atoms with E-state index >= 15 is 0 Å². The molecule has 3 amide bonds. The van der Waals surface area contributed by atoms with Gasteiger partial charge in [0.15, 0.2) is 0 Å². The normalized spacial score (nSPS) is 20.0. The number of aromatic amines is 1. The zero-order valence-electron chi connectivity index (χ0n) is 35.3. The number of benzene rings is 2. The summed E-state index contributed by atoms with van der Waals surface area (Å²) in [6, 6.07) is 20.6. The maximum Gasteiger partial charge on any atom is 0.253 e. The summed E-state index contributed by atoms with van der Waals surface area (Å²) in [6.07, 6.45) is 10.5. The fraction of sp³-hybridized carbons (Fsp3) is 0.426. The highest BCUT2D eigenvalue weighted by Crippen LogP contribution is 2.34. The second-order valence-corrected chi connectivity index (χ2v) is 17.5. The standard InChI is InChI=1S/C47H54N12O3/c1-55-37(27-39-38(10-16-48-44(39)55)35-6-7-40-36(26-35)28-50-54-40)30-56-18-14-33(15-19-56)32-2-4-34(5-3-32)46(62)58-20-12-31(13-21-58)29-57-22-24-59(25-23-57)47-49-17-11-42(52-47)51-41-8-9-43(60)53-45(41)61/h2-7,10-11,16-17,26-28,31,33,41H,8-9,12-15,18-25,29-30H2,1H3,(H,50,54)(H,49,51,52)(H,53,60,61). The van der Waals surface area contributed by atoms with Gasteiger partial charge in [-0.1, -0.05) is 18.2 Å². The molecule has 8 heterocycles. The zero-order valence-corrected chi connectivity index (χ0v) is 35.3. The van der Waals surface area contributed by atoms with Crippen LogP contribution in [0.1, 0.15) is 66.1 Å². The Morgan fingerprint density at radius 3 is 2.40 bits per heavy atom. The van der Waals surface area contributed by atoms with Crippen LogP contribution in [0.3, 0.4) is 0 Å². The topological polar surface area (TPSA) is 161 Å². The summed E-state index contributed by atoms with van der Waals surface area (Å²) in [7, 11) is 2.13. The lowest BCUT2D eigenvalue weighted by atomic mass is 9.88. The Labute approximate surface area is 360 Å². The molecule has 0 spiro atoms. The monoisotopic (exact) mass is 834 g/mol. The molecule has 320 valence electrons. The molecule has 4 aromatic heterocycles. The molecule has 15 nitrogen and oxygen atoms in total. The molecule has 1 atom stereocenters. The van der Waals surface area contributed by atoms with Crippen molar-refractivity contribution >= 4 is 51.4 Å². The largest absolute Gasteiger partial charge is 0.358 e. The summed E-state index contributed by atoms with van der Waals surface area (Å²) >= 11 is 0. The van der Waals surface area contributed by atoms with Crippen LogP contribution < -0.4 is 15.5 Å². The molecule has 62 heavy (non-hydrogen) atoms. The molecule has 6 aromatic rings. The van der Waals surface area contributed by atoms with E-state index in [4.69, 9.17) is 4.98 Å². The fourth-order valence-corrected chi connectivity index (χ4v) is 9.92. The first-order valence-corrected chi connectivity index (χ1v) is 22.2. The van der Waals surface area contributed by atoms with Crippen molar-refractivity contribution in [3.05, 3.63) is 96.1 Å². The molecular formula is C47H54N12O3. The number of carbonyl (C=O) groups is 3. The van der Waals surface area contributed by atoms with E-state index in [0.717, 1.165) is 113 Å². The van der Waals surface area contributed by atoms with Crippen LogP contribution in [0.4, 0.5) is 11.8 Å². The Morgan fingerprint density at radius 2 is 1.61 bits per heavy atom. The van der Waals surface area contributed by atoms with Gasteiger partial charge in [-0.3, -0.25) is 34.6 Å². The van der Waals surface area contributed by atoms with E-state index in [9.17, 15) is 14.4 Å². The van der Waals surface area contributed by atoms with Gasteiger partial charge in [-0.25, -0.2) is 9.97 Å². The summed E-state index contributed by atoms with van der Waals surface area (Å²) in [5.74, 6) is 1.88. The highest BCUT2D eigenvalue weighted by molar-refractivity contribution is 6.01. The van der Waals surface area contributed by atoms with E-state index in [-0.39, 0.29) is 17.7 Å². The number of carbonyl (C=O) groups excluding carboxylic acids is 3. The molecule has 0 radical (unpaired) electrons. The lowest BCUT2D eigenvalue weighted by Crippen LogP contribution is -2.49. The molecule has 4 fully saturated rings. The average Bonchev–Trinajstić information content (AvgIpc) is 3.91. The minimum atomic E-state index is -0.478. The van der Waals surface area contributed by atoms with E-state index < -0.39 is 6.04 Å². The van der Waals surface area contributed by atoms with Crippen molar-refractivity contribution in [2.45, 2.75) is 57.0 Å². The Bertz CT molecular complexity index is 2580. The van der Waals surface area contributed by atoms with Crippen molar-refractivity contribution in [1.29, 1.82) is 0 Å². The fourth-order valence-electron chi connectivity index (χ4n) is 9.92. The number of fused-ring (bicyclic) bond motifs is 2. The number of anilines is 2. The average molecular weight is 835 g/mol. The second kappa shape index (κ2) is 17.3. The molecule has 0 aliphatic carbocycles. The van der Waals surface area contributed by atoms with Crippen LogP contribution in [0.15, 0.2) is 79.3 Å². The number of aromatic nitrogens is 6. The summed E-state index contributed by atoms with van der Waals surface area (Å²) in [5, 5.41) is 15.1. The number of imide groups is 1. The Balaban J connectivity index is 0.667. The van der Waals surface area contributed by atoms with Crippen molar-refractivity contribution < 1.29 is 14.4 Å². The number of H-pyrrole nitrogens is 1. The van der Waals surface area contributed by atoms with Crippen molar-refractivity contribution in [3.63, 3.8) is 0 Å². The Hall–Kier alpha value is -6.19. The van der Waals surface area contributed by atoms with E-state index in [1.807, 2.05) is 29.4 Å². The van der Waals surface area contributed by atoms with Crippen LogP contribution in [0.2, 0.25) is 0 Å². The predicted molar refractivity (Wildman–Crippen MR) is 239 cm³/mol. The lowest BCUT2D eigenvalue weighted by molar-refractivity contribution is -0.133. The maximum absolute atomic E-state index is 13.6. The molecule has 2 aromatic carbocycles. The first-order valence-electron chi connectivity index (χ1n) is 22.2. The first kappa shape index (κ1) is 39.9. The minimum Gasteiger partial charge on any atom is -0.358 e. The molecule has 3 N–H and O–H groups in total. The van der Waals surface area contributed by atoms with Crippen LogP contribution >= 0.6 is 0 Å². The Morgan fingerprint density at radius 1 is 0.823 bits per heavy atom. The summed E-state index contributed by atoms with van der Waals surface area (Å²) < 4.78 is 2.24. The number of nitrogens with one attached hydrogen (secondary N) is 3. The molecule has 4 aliphatic heterocycles. The number of piperazine rings is 1. The number of hydrogen-bond acceptors (Lipinski definition) is 11. The van der Waals surface area contributed by atoms with Gasteiger partial charge in [0.2, 0.25) is 17.8 Å². The highest BCUT2D eigenvalue weighted by Gasteiger charge is 2.30. The van der Waals surface area contributed by atoms with Crippen molar-refractivity contribution in [3.8, 4) is 11.1 Å². The molecule has 0 saturated carbocycles. The zero-order chi connectivity index (χ0) is 42.2. The van der Waals surface area contributed by atoms with Crippen LogP contribution in [0, 0.1) is 5.92 Å². The van der Waals surface area contributed by atoms with E-state index in [0.29, 0.717) is 36.4 Å². The number of aryl methyl sites for hydroxylation is 1. The maximum atomic E-state index is 13.6. The highest BCUT2D eigenvalue weighted by atomic mass is 16.2. The van der Waals surface area contributed by atoms with Gasteiger partial charge in [0.1, 0.15) is 17.5 Å². The number of nitrogens with zero attached hydrogens (tertiary/aromatic N) is 9. The summed E-state index contributed by atoms with van der Waals surface area (Å²) in [6.45, 7) is 9.06. The van der Waals surface area contributed by atoms with Crippen LogP contribution in [-0.2, 0) is 23.2 Å². The molecule has 4 saturated heterocycles. The van der Waals surface area contributed by atoms with Gasteiger partial charge in [0.05, 0.1) is 11.7 Å². The van der Waals surface area contributed by atoms with Crippen molar-refractivity contribution in [2.75, 3.05) is 69.1 Å². The van der Waals surface area contributed by atoms with Gasteiger partial charge < -0.3 is 19.7 Å². The van der Waals surface area contributed by atoms with Gasteiger partial charge >= 0.3 is 0 Å². The predicted octanol–water partition coefficient (Wildman–Crippen LogP) is 5.18. The van der Waals surface area contributed by atoms with Crippen LogP contribution in [-0.4, -0.2) is 127 Å². The van der Waals surface area contributed by atoms with E-state index in [1.165, 1.54) is 27.8 Å². The number of amides is 3. The summed E-state index contributed by atoms with van der Waals surface area (Å²) in [5.41, 5.74) is 7.78. The van der Waals surface area contributed by atoms with Gasteiger partial charge in [0, 0.05) is 100 Å². The number of pyridine rings is 1. The smallest absolute Gasteiger partial charge is 0.253 e. The molecule has 4 aliphatic rings. The van der Waals surface area contributed by atoms with Gasteiger partial charge in [-0.05, 0) is 116 Å². The van der Waals surface area contributed by atoms with Crippen LogP contribution in [0.25, 0.3) is 33.1 Å². The van der Waals surface area contributed by atoms with Gasteiger partial charge in [-0.15, -0.1) is 0 Å². The lowest BCUT2D eigenvalue weighted by Gasteiger charge is -2.39. The van der Waals surface area contributed by atoms with E-state index in [1.54, 1.807) is 12.3 Å². The minimum absolute atomic E-state index is 0.141. The van der Waals surface area contributed by atoms with E-state index in [2.05, 4.69) is 99.6 Å². The SMILES string of the molecule is Cn1c(CN2CCC(c3ccc(C(=O)N4CCC(CN5CCN(c6nccc(NC7CCC(=O)NC7=O)n6)CC5)CC4)cc3)CC2)cc2c(-c3ccc4[nH]ncc4c3)ccnc21. The van der Waals surface area contributed by atoms with Gasteiger partial charge in [-0.2, -0.15) is 10.1 Å². The third kappa shape index (κ3) is 8.38. The molecule has 1 unspecified atom stereocenters. The number of hydrogen-bond donors (Lipinski definition) is 3. The molecular weight excluding hydrogens is 781 g/mol. The third-order valence-corrected chi connectivity index (χ3v) is 13.7. The van der Waals surface area contributed by atoms with Crippen molar-refractivity contribution in [2.24, 2.45) is 13.0 Å². The molecule has 15 heteroatoms. The quantitative estimate of drug-likeness (QED) is 0.156. The summed E-state index contributed by atoms with van der Waals surface area (Å²) in [4.78, 5) is 60.6. The Kier molecular flexibility index (Phi) is 11.1. The van der Waals surface area contributed by atoms with Crippen LogP contribution in [0.5, 0.6) is 0 Å². The third-order valence-electron chi connectivity index (χ3n) is 13.7. The number of piperidine rings is 3. The van der Waals surface area contributed by atoms with Crippen molar-refractivity contribution in [1.82, 2.24) is 49.7 Å². The van der Waals surface area contributed by atoms with Gasteiger partial charge in [0.25, 0.3) is 5.91 Å². The number of rotatable bonds is 10. The second-order valence-electron chi connectivity index (χ2n) is 17.5.